The lowest BCUT2D eigenvalue weighted by Crippen LogP contribution is -2.40. The Morgan fingerprint density at radius 3 is 1.65 bits per heavy atom. The molecular weight excluding hydrogens is 550 g/mol. The van der Waals surface area contributed by atoms with Gasteiger partial charge in [0.15, 0.2) is 0 Å². The molecule has 0 aliphatic carbocycles. The summed E-state index contributed by atoms with van der Waals surface area (Å²) in [5.41, 5.74) is 2.82. The second-order valence-corrected chi connectivity index (χ2v) is 13.0. The highest BCUT2D eigenvalue weighted by Gasteiger charge is 2.17. The van der Waals surface area contributed by atoms with Crippen LogP contribution in [-0.2, 0) is 36.2 Å². The second-order valence-electron chi connectivity index (χ2n) is 9.51. The summed E-state index contributed by atoms with van der Waals surface area (Å²) in [5.74, 6) is -0.330. The predicted molar refractivity (Wildman–Crippen MR) is 155 cm³/mol. The van der Waals surface area contributed by atoms with Crippen LogP contribution in [-0.4, -0.2) is 60.4 Å². The third kappa shape index (κ3) is 10.5. The van der Waals surface area contributed by atoms with Gasteiger partial charge in [0.05, 0.1) is 9.79 Å². The van der Waals surface area contributed by atoms with Crippen molar-refractivity contribution in [1.82, 2.24) is 14.3 Å². The van der Waals surface area contributed by atoms with E-state index in [0.29, 0.717) is 26.1 Å². The molecule has 40 heavy (non-hydrogen) atoms. The normalized spacial score (nSPS) is 12.0. The van der Waals surface area contributed by atoms with Crippen LogP contribution in [0.3, 0.4) is 0 Å². The molecule has 0 aliphatic heterocycles. The van der Waals surface area contributed by atoms with Gasteiger partial charge in [-0.05, 0) is 56.6 Å². The number of carbonyl (C=O) groups is 1. The lowest BCUT2D eigenvalue weighted by molar-refractivity contribution is -0.145. The summed E-state index contributed by atoms with van der Waals surface area (Å²) < 4.78 is 61.2. The monoisotopic (exact) mass is 587 g/mol. The number of hydrogen-bond acceptors (Lipinski definition) is 7. The van der Waals surface area contributed by atoms with Crippen LogP contribution in [0.1, 0.15) is 29.5 Å². The van der Waals surface area contributed by atoms with Crippen LogP contribution in [0.4, 0.5) is 0 Å². The highest BCUT2D eigenvalue weighted by molar-refractivity contribution is 7.89. The van der Waals surface area contributed by atoms with Crippen LogP contribution in [0.2, 0.25) is 0 Å². The first-order chi connectivity index (χ1) is 19.0. The van der Waals surface area contributed by atoms with Crippen molar-refractivity contribution in [3.8, 4) is 0 Å². The van der Waals surface area contributed by atoms with Crippen LogP contribution in [0, 0.1) is 13.8 Å². The molecule has 2 N–H and O–H groups in total. The molecule has 0 atom stereocenters. The van der Waals surface area contributed by atoms with E-state index in [9.17, 15) is 21.6 Å². The molecule has 0 saturated carbocycles. The van der Waals surface area contributed by atoms with Gasteiger partial charge in [-0.15, -0.1) is 0 Å². The maximum absolute atomic E-state index is 12.7. The first-order valence-electron chi connectivity index (χ1n) is 13.1. The Balaban J connectivity index is 1.53. The smallest absolute Gasteiger partial charge is 0.306 e. The fourth-order valence-corrected chi connectivity index (χ4v) is 5.91. The molecule has 3 aromatic carbocycles. The average Bonchev–Trinajstić information content (AvgIpc) is 2.92. The van der Waals surface area contributed by atoms with E-state index < -0.39 is 20.0 Å². The molecule has 3 aromatic rings. The Labute approximate surface area is 237 Å². The summed E-state index contributed by atoms with van der Waals surface area (Å²) >= 11 is 0. The van der Waals surface area contributed by atoms with E-state index in [0.717, 1.165) is 16.7 Å². The standard InChI is InChI=1S/C29H37N3O6S2/c1-24-10-14-27(15-11-24)39(34,35)30-18-21-32(20-6-9-29(33)38-23-26-7-4-3-5-8-26)22-19-31-40(36,37)28-16-12-25(2)13-17-28/h3-5,7-8,10-17,30-31H,6,9,18-23H2,1-2H3. The van der Waals surface area contributed by atoms with Crippen LogP contribution in [0.5, 0.6) is 0 Å². The van der Waals surface area contributed by atoms with Crippen molar-refractivity contribution in [2.75, 3.05) is 32.7 Å². The first kappa shape index (κ1) is 31.4. The number of aryl methyl sites for hydroxylation is 2. The Bertz CT molecular complexity index is 1350. The van der Waals surface area contributed by atoms with Crippen molar-refractivity contribution in [3.63, 3.8) is 0 Å². The maximum Gasteiger partial charge on any atom is 0.306 e. The number of nitrogens with zero attached hydrogens (tertiary/aromatic N) is 1. The topological polar surface area (TPSA) is 122 Å². The third-order valence-electron chi connectivity index (χ3n) is 6.20. The maximum atomic E-state index is 12.7. The largest absolute Gasteiger partial charge is 0.461 e. The molecule has 3 rings (SSSR count). The molecular formula is C29H37N3O6S2. The van der Waals surface area contributed by atoms with Crippen LogP contribution in [0.25, 0.3) is 0 Å². The second kappa shape index (κ2) is 15.1. The number of sulfonamides is 2. The Hall–Kier alpha value is -3.09. The first-order valence-corrected chi connectivity index (χ1v) is 16.1. The van der Waals surface area contributed by atoms with Gasteiger partial charge in [-0.25, -0.2) is 26.3 Å². The van der Waals surface area contributed by atoms with Crippen LogP contribution < -0.4 is 9.44 Å². The van der Waals surface area contributed by atoms with Gasteiger partial charge in [-0.1, -0.05) is 65.7 Å². The van der Waals surface area contributed by atoms with Gasteiger partial charge in [-0.3, -0.25) is 4.79 Å². The molecule has 216 valence electrons. The van der Waals surface area contributed by atoms with E-state index in [1.165, 1.54) is 0 Å². The number of hydrogen-bond donors (Lipinski definition) is 2. The molecule has 0 saturated heterocycles. The molecule has 0 bridgehead atoms. The predicted octanol–water partition coefficient (Wildman–Crippen LogP) is 3.39. The minimum atomic E-state index is -3.69. The van der Waals surface area contributed by atoms with Crippen molar-refractivity contribution in [2.24, 2.45) is 0 Å². The lowest BCUT2D eigenvalue weighted by atomic mass is 10.2. The Morgan fingerprint density at radius 2 is 1.18 bits per heavy atom. The fourth-order valence-electron chi connectivity index (χ4n) is 3.87. The SMILES string of the molecule is Cc1ccc(S(=O)(=O)NCCN(CCCC(=O)OCc2ccccc2)CCNS(=O)(=O)c2ccc(C)cc2)cc1. The Morgan fingerprint density at radius 1 is 0.700 bits per heavy atom. The number of rotatable bonds is 16. The van der Waals surface area contributed by atoms with Crippen LogP contribution in [0.15, 0.2) is 88.7 Å². The summed E-state index contributed by atoms with van der Waals surface area (Å²) in [6, 6.07) is 22.5. The molecule has 0 fully saturated rings. The van der Waals surface area contributed by atoms with Crippen molar-refractivity contribution in [1.29, 1.82) is 0 Å². The third-order valence-corrected chi connectivity index (χ3v) is 9.15. The number of esters is 1. The van der Waals surface area contributed by atoms with E-state index in [4.69, 9.17) is 4.74 Å². The molecule has 9 nitrogen and oxygen atoms in total. The highest BCUT2D eigenvalue weighted by Crippen LogP contribution is 2.11. The van der Waals surface area contributed by atoms with E-state index in [1.54, 1.807) is 48.5 Å². The number of benzene rings is 3. The molecule has 0 heterocycles. The van der Waals surface area contributed by atoms with E-state index in [1.807, 2.05) is 49.1 Å². The van der Waals surface area contributed by atoms with Crippen LogP contribution >= 0.6 is 0 Å². The van der Waals surface area contributed by atoms with Gasteiger partial charge in [0, 0.05) is 32.6 Å². The molecule has 0 radical (unpaired) electrons. The van der Waals surface area contributed by atoms with E-state index in [2.05, 4.69) is 9.44 Å². The summed E-state index contributed by atoms with van der Waals surface area (Å²) in [7, 11) is -7.37. The summed E-state index contributed by atoms with van der Waals surface area (Å²) in [6.07, 6.45) is 0.663. The van der Waals surface area contributed by atoms with Crippen molar-refractivity contribution >= 4 is 26.0 Å². The van der Waals surface area contributed by atoms with Crippen molar-refractivity contribution < 1.29 is 26.4 Å². The van der Waals surface area contributed by atoms with Gasteiger partial charge in [0.1, 0.15) is 6.61 Å². The van der Waals surface area contributed by atoms with Crippen molar-refractivity contribution in [3.05, 3.63) is 95.6 Å². The van der Waals surface area contributed by atoms with Gasteiger partial charge < -0.3 is 9.64 Å². The van der Waals surface area contributed by atoms with Gasteiger partial charge in [0.25, 0.3) is 0 Å². The Kier molecular flexibility index (Phi) is 11.8. The zero-order valence-corrected chi connectivity index (χ0v) is 24.5. The van der Waals surface area contributed by atoms with Gasteiger partial charge >= 0.3 is 5.97 Å². The number of carbonyl (C=O) groups excluding carboxylic acids is 1. The zero-order chi connectivity index (χ0) is 29.0. The van der Waals surface area contributed by atoms with E-state index >= 15 is 0 Å². The summed E-state index contributed by atoms with van der Waals surface area (Å²) in [5, 5.41) is 0. The van der Waals surface area contributed by atoms with Crippen molar-refractivity contribution in [2.45, 2.75) is 43.1 Å². The molecule has 0 spiro atoms. The minimum Gasteiger partial charge on any atom is -0.461 e. The molecule has 11 heteroatoms. The zero-order valence-electron chi connectivity index (χ0n) is 22.9. The molecule has 0 amide bonds. The molecule has 0 aromatic heterocycles. The summed E-state index contributed by atoms with van der Waals surface area (Å²) in [6.45, 7) is 5.33. The number of nitrogens with one attached hydrogen (secondary N) is 2. The van der Waals surface area contributed by atoms with Gasteiger partial charge in [-0.2, -0.15) is 0 Å². The quantitative estimate of drug-likeness (QED) is 0.247. The fraction of sp³-hybridized carbons (Fsp3) is 0.345. The van der Waals surface area contributed by atoms with E-state index in [-0.39, 0.29) is 41.9 Å². The highest BCUT2D eigenvalue weighted by atomic mass is 32.2. The molecule has 0 unspecified atom stereocenters. The molecule has 0 aliphatic rings. The lowest BCUT2D eigenvalue weighted by Gasteiger charge is -2.22. The minimum absolute atomic E-state index is 0.124. The summed E-state index contributed by atoms with van der Waals surface area (Å²) in [4.78, 5) is 14.5. The number of ether oxygens (including phenoxy) is 1. The average molecular weight is 588 g/mol. The van der Waals surface area contributed by atoms with Gasteiger partial charge in [0.2, 0.25) is 20.0 Å².